The summed E-state index contributed by atoms with van der Waals surface area (Å²) in [5, 5.41) is 9.90. The summed E-state index contributed by atoms with van der Waals surface area (Å²) in [6.45, 7) is 4.96. The first-order valence-electron chi connectivity index (χ1n) is 8.42. The van der Waals surface area contributed by atoms with Crippen molar-refractivity contribution in [1.29, 1.82) is 0 Å². The summed E-state index contributed by atoms with van der Waals surface area (Å²) >= 11 is 5.95. The van der Waals surface area contributed by atoms with E-state index in [0.29, 0.717) is 23.7 Å². The van der Waals surface area contributed by atoms with Gasteiger partial charge < -0.3 is 14.6 Å². The molecule has 0 heterocycles. The van der Waals surface area contributed by atoms with Crippen LogP contribution in [0.3, 0.4) is 0 Å². The minimum absolute atomic E-state index is 0.120. The van der Waals surface area contributed by atoms with Crippen LogP contribution in [0, 0.1) is 5.92 Å². The molecule has 2 aromatic rings. The summed E-state index contributed by atoms with van der Waals surface area (Å²) in [6.07, 6.45) is 4.07. The largest absolute Gasteiger partial charge is 0.503 e. The number of benzene rings is 2. The maximum atomic E-state index is 12.3. The van der Waals surface area contributed by atoms with E-state index < -0.39 is 0 Å². The summed E-state index contributed by atoms with van der Waals surface area (Å²) in [5.41, 5.74) is 1.22. The molecular formula is C21H23ClO4. The van der Waals surface area contributed by atoms with Gasteiger partial charge in [-0.25, -0.2) is 0 Å². The normalized spacial score (nSPS) is 11.1. The number of carbonyl (C=O) groups is 1. The van der Waals surface area contributed by atoms with Gasteiger partial charge in [-0.1, -0.05) is 31.5 Å². The SMILES string of the molecule is COc1cc(/C=C/C(=O)c2ccc(OCCC(C)C)cc2)cc(Cl)c1O. The van der Waals surface area contributed by atoms with Crippen molar-refractivity contribution in [1.82, 2.24) is 0 Å². The summed E-state index contributed by atoms with van der Waals surface area (Å²) in [4.78, 5) is 12.3. The van der Waals surface area contributed by atoms with Crippen molar-refractivity contribution in [3.63, 3.8) is 0 Å². The molecular weight excluding hydrogens is 352 g/mol. The van der Waals surface area contributed by atoms with Crippen LogP contribution >= 0.6 is 11.6 Å². The Morgan fingerprint density at radius 3 is 2.54 bits per heavy atom. The van der Waals surface area contributed by atoms with Gasteiger partial charge in [-0.15, -0.1) is 0 Å². The van der Waals surface area contributed by atoms with Crippen molar-refractivity contribution in [3.8, 4) is 17.2 Å². The lowest BCUT2D eigenvalue weighted by Gasteiger charge is -2.08. The van der Waals surface area contributed by atoms with Gasteiger partial charge in [-0.3, -0.25) is 4.79 Å². The van der Waals surface area contributed by atoms with Crippen molar-refractivity contribution in [2.45, 2.75) is 20.3 Å². The first kappa shape index (κ1) is 19.9. The second-order valence-electron chi connectivity index (χ2n) is 6.31. The average molecular weight is 375 g/mol. The highest BCUT2D eigenvalue weighted by Gasteiger charge is 2.08. The van der Waals surface area contributed by atoms with Gasteiger partial charge in [0.2, 0.25) is 0 Å². The Labute approximate surface area is 159 Å². The van der Waals surface area contributed by atoms with E-state index in [-0.39, 0.29) is 22.3 Å². The summed E-state index contributed by atoms with van der Waals surface area (Å²) in [5.74, 6) is 1.34. The Balaban J connectivity index is 2.03. The number of ether oxygens (including phenoxy) is 2. The molecule has 0 radical (unpaired) electrons. The third-order valence-electron chi connectivity index (χ3n) is 3.80. The zero-order valence-corrected chi connectivity index (χ0v) is 15.9. The number of carbonyl (C=O) groups excluding carboxylic acids is 1. The van der Waals surface area contributed by atoms with E-state index in [1.807, 2.05) is 0 Å². The molecule has 0 atom stereocenters. The Bertz CT molecular complexity index is 779. The fourth-order valence-electron chi connectivity index (χ4n) is 2.24. The zero-order chi connectivity index (χ0) is 19.1. The molecule has 26 heavy (non-hydrogen) atoms. The fourth-order valence-corrected chi connectivity index (χ4v) is 2.46. The first-order chi connectivity index (χ1) is 12.4. The van der Waals surface area contributed by atoms with Crippen LogP contribution in [0.15, 0.2) is 42.5 Å². The Morgan fingerprint density at radius 2 is 1.92 bits per heavy atom. The van der Waals surface area contributed by atoms with Gasteiger partial charge in [-0.2, -0.15) is 0 Å². The molecule has 138 valence electrons. The van der Waals surface area contributed by atoms with Gasteiger partial charge in [0.1, 0.15) is 5.75 Å². The molecule has 2 aromatic carbocycles. The second kappa shape index (κ2) is 9.30. The molecule has 5 heteroatoms. The van der Waals surface area contributed by atoms with Crippen LogP contribution in [-0.2, 0) is 0 Å². The van der Waals surface area contributed by atoms with Crippen molar-refractivity contribution < 1.29 is 19.4 Å². The molecule has 0 unspecified atom stereocenters. The average Bonchev–Trinajstić information content (AvgIpc) is 2.62. The molecule has 0 aliphatic heterocycles. The molecule has 2 rings (SSSR count). The van der Waals surface area contributed by atoms with E-state index in [1.54, 1.807) is 42.5 Å². The summed E-state index contributed by atoms with van der Waals surface area (Å²) in [6, 6.07) is 10.2. The van der Waals surface area contributed by atoms with E-state index in [4.69, 9.17) is 21.1 Å². The van der Waals surface area contributed by atoms with Crippen molar-refractivity contribution in [2.24, 2.45) is 5.92 Å². The number of hydrogen-bond acceptors (Lipinski definition) is 4. The molecule has 0 saturated carbocycles. The van der Waals surface area contributed by atoms with Gasteiger partial charge in [-0.05, 0) is 60.4 Å². The molecule has 1 N–H and O–H groups in total. The first-order valence-corrected chi connectivity index (χ1v) is 8.80. The number of phenols is 1. The smallest absolute Gasteiger partial charge is 0.185 e. The van der Waals surface area contributed by atoms with Crippen LogP contribution in [0.4, 0.5) is 0 Å². The monoisotopic (exact) mass is 374 g/mol. The topological polar surface area (TPSA) is 55.8 Å². The lowest BCUT2D eigenvalue weighted by molar-refractivity contribution is 0.104. The van der Waals surface area contributed by atoms with Crippen molar-refractivity contribution in [3.05, 3.63) is 58.6 Å². The highest BCUT2D eigenvalue weighted by Crippen LogP contribution is 2.35. The van der Waals surface area contributed by atoms with Gasteiger partial charge in [0.25, 0.3) is 0 Å². The quantitative estimate of drug-likeness (QED) is 0.498. The molecule has 0 aliphatic rings. The predicted molar refractivity (Wildman–Crippen MR) is 104 cm³/mol. The van der Waals surface area contributed by atoms with Crippen molar-refractivity contribution >= 4 is 23.5 Å². The number of allylic oxidation sites excluding steroid dienone is 1. The highest BCUT2D eigenvalue weighted by atomic mass is 35.5. The number of hydrogen-bond donors (Lipinski definition) is 1. The minimum atomic E-state index is -0.137. The van der Waals surface area contributed by atoms with Crippen LogP contribution in [-0.4, -0.2) is 24.6 Å². The summed E-state index contributed by atoms with van der Waals surface area (Å²) in [7, 11) is 1.44. The number of ketones is 1. The molecule has 4 nitrogen and oxygen atoms in total. The standard InChI is InChI=1S/C21H23ClO4/c1-14(2)10-11-26-17-7-5-16(6-8-17)19(23)9-4-15-12-18(22)21(24)20(13-15)25-3/h4-9,12-14,24H,10-11H2,1-3H3/b9-4+. The molecule has 0 fully saturated rings. The van der Waals surface area contributed by atoms with Gasteiger partial charge in [0, 0.05) is 5.56 Å². The van der Waals surface area contributed by atoms with Crippen LogP contribution < -0.4 is 9.47 Å². The van der Waals surface area contributed by atoms with E-state index in [9.17, 15) is 9.90 Å². The maximum Gasteiger partial charge on any atom is 0.185 e. The number of rotatable bonds is 8. The molecule has 0 bridgehead atoms. The second-order valence-corrected chi connectivity index (χ2v) is 6.71. The Morgan fingerprint density at radius 1 is 1.23 bits per heavy atom. The van der Waals surface area contributed by atoms with Crippen LogP contribution in [0.25, 0.3) is 6.08 Å². The Kier molecular flexibility index (Phi) is 7.10. The van der Waals surface area contributed by atoms with Gasteiger partial charge in [0.05, 0.1) is 18.7 Å². The van der Waals surface area contributed by atoms with Crippen LogP contribution in [0.5, 0.6) is 17.2 Å². The molecule has 0 aromatic heterocycles. The van der Waals surface area contributed by atoms with E-state index >= 15 is 0 Å². The fraction of sp³-hybridized carbons (Fsp3) is 0.286. The van der Waals surface area contributed by atoms with Gasteiger partial charge in [0.15, 0.2) is 17.3 Å². The zero-order valence-electron chi connectivity index (χ0n) is 15.2. The molecule has 0 saturated heterocycles. The highest BCUT2D eigenvalue weighted by molar-refractivity contribution is 6.32. The van der Waals surface area contributed by atoms with Crippen LogP contribution in [0.2, 0.25) is 5.02 Å². The number of halogens is 1. The molecule has 0 spiro atoms. The number of phenolic OH excluding ortho intramolecular Hbond substituents is 1. The third-order valence-corrected chi connectivity index (χ3v) is 4.09. The Hall–Kier alpha value is -2.46. The predicted octanol–water partition coefficient (Wildman–Crippen LogP) is 5.38. The van der Waals surface area contributed by atoms with Crippen LogP contribution in [0.1, 0.15) is 36.2 Å². The number of aromatic hydroxyl groups is 1. The van der Waals surface area contributed by atoms with Gasteiger partial charge >= 0.3 is 0 Å². The molecule has 0 aliphatic carbocycles. The maximum absolute atomic E-state index is 12.3. The van der Waals surface area contributed by atoms with E-state index in [2.05, 4.69) is 13.8 Å². The lowest BCUT2D eigenvalue weighted by atomic mass is 10.1. The van der Waals surface area contributed by atoms with E-state index in [0.717, 1.165) is 12.2 Å². The molecule has 0 amide bonds. The van der Waals surface area contributed by atoms with Crippen molar-refractivity contribution in [2.75, 3.05) is 13.7 Å². The lowest BCUT2D eigenvalue weighted by Crippen LogP contribution is -2.01. The summed E-state index contributed by atoms with van der Waals surface area (Å²) < 4.78 is 10.7. The number of methoxy groups -OCH3 is 1. The van der Waals surface area contributed by atoms with E-state index in [1.165, 1.54) is 13.2 Å². The third kappa shape index (κ3) is 5.53. The minimum Gasteiger partial charge on any atom is -0.503 e.